The van der Waals surface area contributed by atoms with E-state index >= 15 is 0 Å². The zero-order valence-electron chi connectivity index (χ0n) is 18.1. The van der Waals surface area contributed by atoms with E-state index in [2.05, 4.69) is 10.3 Å². The van der Waals surface area contributed by atoms with Crippen LogP contribution in [0.1, 0.15) is 31.4 Å². The molecule has 6 nitrogen and oxygen atoms in total. The molecule has 1 aliphatic rings. The van der Waals surface area contributed by atoms with Gasteiger partial charge >= 0.3 is 6.18 Å². The molecule has 0 radical (unpaired) electrons. The Kier molecular flexibility index (Phi) is 9.23. The number of rotatable bonds is 9. The van der Waals surface area contributed by atoms with Crippen molar-refractivity contribution >= 4 is 5.96 Å². The Morgan fingerprint density at radius 1 is 1.30 bits per heavy atom. The fourth-order valence-corrected chi connectivity index (χ4v) is 3.38. The van der Waals surface area contributed by atoms with Crippen molar-refractivity contribution in [3.63, 3.8) is 0 Å². The number of methoxy groups -OCH3 is 1. The molecule has 1 fully saturated rings. The van der Waals surface area contributed by atoms with Gasteiger partial charge in [-0.25, -0.2) is 0 Å². The normalized spacial score (nSPS) is 17.7. The Balaban J connectivity index is 1.98. The van der Waals surface area contributed by atoms with Gasteiger partial charge in [0, 0.05) is 39.7 Å². The zero-order valence-corrected chi connectivity index (χ0v) is 18.1. The van der Waals surface area contributed by atoms with Crippen molar-refractivity contribution in [3.05, 3.63) is 29.3 Å². The van der Waals surface area contributed by atoms with E-state index in [0.29, 0.717) is 31.7 Å². The van der Waals surface area contributed by atoms with Gasteiger partial charge < -0.3 is 24.4 Å². The fourth-order valence-electron chi connectivity index (χ4n) is 3.38. The summed E-state index contributed by atoms with van der Waals surface area (Å²) in [6.45, 7) is 6.85. The number of alkyl halides is 3. The van der Waals surface area contributed by atoms with Crippen LogP contribution in [0, 0.1) is 5.92 Å². The highest BCUT2D eigenvalue weighted by atomic mass is 19.4. The smallest absolute Gasteiger partial charge is 0.416 e. The van der Waals surface area contributed by atoms with E-state index in [1.165, 1.54) is 6.07 Å². The quantitative estimate of drug-likeness (QED) is 0.368. The lowest BCUT2D eigenvalue weighted by molar-refractivity contribution is -0.138. The number of benzene rings is 1. The molecule has 170 valence electrons. The topological polar surface area (TPSA) is 55.3 Å². The molecule has 0 bridgehead atoms. The lowest BCUT2D eigenvalue weighted by Gasteiger charge is -2.23. The van der Waals surface area contributed by atoms with Gasteiger partial charge in [-0.15, -0.1) is 0 Å². The van der Waals surface area contributed by atoms with Crippen molar-refractivity contribution in [2.45, 2.75) is 39.1 Å². The molecule has 9 heteroatoms. The number of ether oxygens (including phenoxy) is 3. The molecule has 0 saturated carbocycles. The number of aliphatic imine (C=N–C) groups is 1. The van der Waals surface area contributed by atoms with E-state index in [9.17, 15) is 13.2 Å². The highest BCUT2D eigenvalue weighted by Crippen LogP contribution is 2.34. The third kappa shape index (κ3) is 7.36. The molecule has 1 heterocycles. The van der Waals surface area contributed by atoms with Gasteiger partial charge in [-0.2, -0.15) is 13.2 Å². The van der Waals surface area contributed by atoms with Crippen LogP contribution in [-0.4, -0.2) is 64.0 Å². The minimum atomic E-state index is -4.46. The summed E-state index contributed by atoms with van der Waals surface area (Å²) in [5.74, 6) is 1.16. The molecule has 30 heavy (non-hydrogen) atoms. The summed E-state index contributed by atoms with van der Waals surface area (Å²) >= 11 is 0. The van der Waals surface area contributed by atoms with Crippen molar-refractivity contribution in [3.8, 4) is 5.75 Å². The summed E-state index contributed by atoms with van der Waals surface area (Å²) in [4.78, 5) is 6.29. The number of halogens is 3. The number of nitrogens with one attached hydrogen (secondary N) is 1. The van der Waals surface area contributed by atoms with Crippen LogP contribution in [0.25, 0.3) is 0 Å². The number of hydrogen-bond donors (Lipinski definition) is 1. The standard InChI is InChI=1S/C21H32F3N3O3/c1-15(2)30-18-6-5-17(19(11-18)21(22,23)24)12-26-20(25-3)27-8-7-16(13-27)14-29-10-9-28-4/h5-6,11,15-16H,7-10,12-14H2,1-4H3,(H,25,26). The summed E-state index contributed by atoms with van der Waals surface area (Å²) in [6.07, 6.45) is -3.71. The second-order valence-corrected chi connectivity index (χ2v) is 7.55. The highest BCUT2D eigenvalue weighted by Gasteiger charge is 2.34. The molecule has 0 aromatic heterocycles. The minimum Gasteiger partial charge on any atom is -0.491 e. The van der Waals surface area contributed by atoms with Crippen LogP contribution in [0.5, 0.6) is 5.75 Å². The maximum absolute atomic E-state index is 13.6. The molecule has 0 spiro atoms. The van der Waals surface area contributed by atoms with Gasteiger partial charge in [0.25, 0.3) is 0 Å². The number of likely N-dealkylation sites (tertiary alicyclic amines) is 1. The molecule has 0 amide bonds. The van der Waals surface area contributed by atoms with E-state index in [1.807, 2.05) is 4.90 Å². The molecule has 1 aromatic rings. The molecular formula is C21H32F3N3O3. The monoisotopic (exact) mass is 431 g/mol. The number of hydrogen-bond acceptors (Lipinski definition) is 4. The first kappa shape index (κ1) is 24.3. The van der Waals surface area contributed by atoms with Gasteiger partial charge in [0.15, 0.2) is 5.96 Å². The summed E-state index contributed by atoms with van der Waals surface area (Å²) in [7, 11) is 3.26. The van der Waals surface area contributed by atoms with Gasteiger partial charge in [0.2, 0.25) is 0 Å². The van der Waals surface area contributed by atoms with Crippen LogP contribution < -0.4 is 10.1 Å². The van der Waals surface area contributed by atoms with E-state index in [-0.39, 0.29) is 24.0 Å². The van der Waals surface area contributed by atoms with Crippen molar-refractivity contribution in [2.24, 2.45) is 10.9 Å². The minimum absolute atomic E-state index is 0.0228. The lowest BCUT2D eigenvalue weighted by Crippen LogP contribution is -2.40. The molecule has 1 aliphatic heterocycles. The van der Waals surface area contributed by atoms with Crippen LogP contribution in [0.2, 0.25) is 0 Å². The van der Waals surface area contributed by atoms with E-state index in [4.69, 9.17) is 14.2 Å². The molecule has 1 unspecified atom stereocenters. The summed E-state index contributed by atoms with van der Waals surface area (Å²) < 4.78 is 56.6. The van der Waals surface area contributed by atoms with Crippen LogP contribution in [-0.2, 0) is 22.2 Å². The van der Waals surface area contributed by atoms with Gasteiger partial charge in [-0.05, 0) is 38.0 Å². The number of guanidine groups is 1. The Hall–Kier alpha value is -2.00. The first-order valence-corrected chi connectivity index (χ1v) is 10.1. The van der Waals surface area contributed by atoms with Crippen LogP contribution in [0.4, 0.5) is 13.2 Å². The Morgan fingerprint density at radius 3 is 2.70 bits per heavy atom. The second kappa shape index (κ2) is 11.4. The Bertz CT molecular complexity index is 696. The molecule has 1 saturated heterocycles. The molecule has 1 aromatic carbocycles. The Morgan fingerprint density at radius 2 is 2.07 bits per heavy atom. The van der Waals surface area contributed by atoms with Gasteiger partial charge in [-0.3, -0.25) is 4.99 Å². The van der Waals surface area contributed by atoms with E-state index < -0.39 is 11.7 Å². The SMILES string of the molecule is CN=C(NCc1ccc(OC(C)C)cc1C(F)(F)F)N1CCC(COCCOC)C1. The van der Waals surface area contributed by atoms with Crippen molar-refractivity contribution in [1.29, 1.82) is 0 Å². The van der Waals surface area contributed by atoms with Crippen molar-refractivity contribution in [1.82, 2.24) is 10.2 Å². The maximum Gasteiger partial charge on any atom is 0.416 e. The molecule has 2 rings (SSSR count). The first-order valence-electron chi connectivity index (χ1n) is 10.1. The lowest BCUT2D eigenvalue weighted by atomic mass is 10.1. The molecule has 0 aliphatic carbocycles. The van der Waals surface area contributed by atoms with Gasteiger partial charge in [0.1, 0.15) is 5.75 Å². The number of nitrogens with zero attached hydrogens (tertiary/aromatic N) is 2. The zero-order chi connectivity index (χ0) is 22.1. The predicted octanol–water partition coefficient (Wildman–Crippen LogP) is 3.55. The van der Waals surface area contributed by atoms with Crippen LogP contribution in [0.15, 0.2) is 23.2 Å². The van der Waals surface area contributed by atoms with Gasteiger partial charge in [-0.1, -0.05) is 6.07 Å². The third-order valence-electron chi connectivity index (χ3n) is 4.78. The molecule has 1 atom stereocenters. The summed E-state index contributed by atoms with van der Waals surface area (Å²) in [5, 5.41) is 3.07. The van der Waals surface area contributed by atoms with E-state index in [0.717, 1.165) is 25.6 Å². The van der Waals surface area contributed by atoms with Crippen molar-refractivity contribution in [2.75, 3.05) is 47.1 Å². The predicted molar refractivity (Wildman–Crippen MR) is 110 cm³/mol. The fraction of sp³-hybridized carbons (Fsp3) is 0.667. The first-order chi connectivity index (χ1) is 14.2. The average Bonchev–Trinajstić information content (AvgIpc) is 3.14. The van der Waals surface area contributed by atoms with E-state index in [1.54, 1.807) is 34.1 Å². The summed E-state index contributed by atoms with van der Waals surface area (Å²) in [6, 6.07) is 4.08. The third-order valence-corrected chi connectivity index (χ3v) is 4.78. The second-order valence-electron chi connectivity index (χ2n) is 7.55. The Labute approximate surface area is 176 Å². The molecule has 1 N–H and O–H groups in total. The molecular weight excluding hydrogens is 399 g/mol. The van der Waals surface area contributed by atoms with Gasteiger partial charge in [0.05, 0.1) is 31.5 Å². The summed E-state index contributed by atoms with van der Waals surface area (Å²) in [5.41, 5.74) is -0.548. The maximum atomic E-state index is 13.6. The van der Waals surface area contributed by atoms with Crippen LogP contribution in [0.3, 0.4) is 0 Å². The average molecular weight is 431 g/mol. The van der Waals surface area contributed by atoms with Crippen molar-refractivity contribution < 1.29 is 27.4 Å². The van der Waals surface area contributed by atoms with Crippen LogP contribution >= 0.6 is 0 Å². The largest absolute Gasteiger partial charge is 0.491 e. The highest BCUT2D eigenvalue weighted by molar-refractivity contribution is 5.80.